The number of rotatable bonds is 7. The number of nitrogens with zero attached hydrogens (tertiary/aromatic N) is 2. The van der Waals surface area contributed by atoms with Crippen LogP contribution in [0.3, 0.4) is 0 Å². The molecule has 0 spiro atoms. The first-order valence-corrected chi connectivity index (χ1v) is 12.6. The zero-order valence-electron chi connectivity index (χ0n) is 18.3. The average Bonchev–Trinajstić information content (AvgIpc) is 3.56. The molecule has 1 amide bonds. The quantitative estimate of drug-likeness (QED) is 0.190. The fourth-order valence-electron chi connectivity index (χ4n) is 3.60. The van der Waals surface area contributed by atoms with Gasteiger partial charge in [0, 0.05) is 21.6 Å². The number of amides is 1. The maximum atomic E-state index is 13.6. The van der Waals surface area contributed by atoms with E-state index >= 15 is 0 Å². The minimum absolute atomic E-state index is 0.0807. The zero-order valence-corrected chi connectivity index (χ0v) is 19.9. The number of benzene rings is 3. The normalized spacial score (nSPS) is 11.0. The lowest BCUT2D eigenvalue weighted by Crippen LogP contribution is -2.30. The molecule has 168 valence electrons. The summed E-state index contributed by atoms with van der Waals surface area (Å²) in [4.78, 5) is 33.8. The van der Waals surface area contributed by atoms with Gasteiger partial charge in [0.05, 0.1) is 23.0 Å². The molecule has 0 N–H and O–H groups in total. The Morgan fingerprint density at radius 3 is 2.35 bits per heavy atom. The first-order valence-electron chi connectivity index (χ1n) is 10.6. The molecule has 0 aliphatic heterocycles. The molecule has 0 saturated heterocycles. The van der Waals surface area contributed by atoms with Crippen molar-refractivity contribution in [2.45, 2.75) is 11.4 Å². The zero-order chi connectivity index (χ0) is 23.5. The van der Waals surface area contributed by atoms with Crippen LogP contribution in [0.2, 0.25) is 0 Å². The van der Waals surface area contributed by atoms with Crippen LogP contribution in [0.25, 0.3) is 10.2 Å². The molecule has 34 heavy (non-hydrogen) atoms. The number of carbonyl (C=O) groups is 2. The maximum Gasteiger partial charge on any atom is 0.260 e. The van der Waals surface area contributed by atoms with E-state index in [-0.39, 0.29) is 18.2 Å². The van der Waals surface area contributed by atoms with Crippen LogP contribution in [-0.4, -0.2) is 22.9 Å². The van der Waals surface area contributed by atoms with Crippen LogP contribution >= 0.6 is 23.1 Å². The minimum atomic E-state index is -0.209. The number of furan rings is 1. The van der Waals surface area contributed by atoms with E-state index in [1.807, 2.05) is 42.7 Å². The molecule has 7 heteroatoms. The second-order valence-corrected chi connectivity index (χ2v) is 9.46. The van der Waals surface area contributed by atoms with E-state index in [0.29, 0.717) is 27.6 Å². The van der Waals surface area contributed by atoms with Gasteiger partial charge in [-0.15, -0.1) is 11.8 Å². The summed E-state index contributed by atoms with van der Waals surface area (Å²) in [5.41, 5.74) is 2.46. The van der Waals surface area contributed by atoms with Gasteiger partial charge < -0.3 is 4.42 Å². The number of aromatic nitrogens is 1. The van der Waals surface area contributed by atoms with Crippen LogP contribution in [0.4, 0.5) is 5.13 Å². The van der Waals surface area contributed by atoms with E-state index in [1.54, 1.807) is 65.4 Å². The lowest BCUT2D eigenvalue weighted by molar-refractivity contribution is 0.0981. The molecule has 0 aliphatic carbocycles. The standard InChI is InChI=1S/C27H20N2O3S2/c1-33-22-13-14-23-24(16-22)34-27(28-23)29(17-21-8-5-15-32-21)26(31)20-11-9-19(10-12-20)25(30)18-6-3-2-4-7-18/h2-16H,17H2,1H3. The van der Waals surface area contributed by atoms with Gasteiger partial charge >= 0.3 is 0 Å². The molecule has 0 fully saturated rings. The number of anilines is 1. The predicted molar refractivity (Wildman–Crippen MR) is 137 cm³/mol. The van der Waals surface area contributed by atoms with Crippen molar-refractivity contribution in [1.82, 2.24) is 4.98 Å². The van der Waals surface area contributed by atoms with Crippen molar-refractivity contribution >= 4 is 50.1 Å². The molecule has 5 rings (SSSR count). The molecule has 3 aromatic carbocycles. The van der Waals surface area contributed by atoms with Crippen molar-refractivity contribution in [2.75, 3.05) is 11.2 Å². The Morgan fingerprint density at radius 1 is 0.912 bits per heavy atom. The fraction of sp³-hybridized carbons (Fsp3) is 0.0741. The Labute approximate surface area is 205 Å². The van der Waals surface area contributed by atoms with Crippen LogP contribution in [0.1, 0.15) is 32.0 Å². The number of hydrogen-bond acceptors (Lipinski definition) is 6. The molecule has 2 heterocycles. The fourth-order valence-corrected chi connectivity index (χ4v) is 5.11. The lowest BCUT2D eigenvalue weighted by atomic mass is 10.0. The maximum absolute atomic E-state index is 13.6. The summed E-state index contributed by atoms with van der Waals surface area (Å²) in [5, 5.41) is 0.596. The van der Waals surface area contributed by atoms with Gasteiger partial charge in [-0.05, 0) is 48.7 Å². The van der Waals surface area contributed by atoms with Gasteiger partial charge in [0.25, 0.3) is 5.91 Å². The molecule has 0 radical (unpaired) electrons. The van der Waals surface area contributed by atoms with Crippen molar-refractivity contribution in [3.63, 3.8) is 0 Å². The molecule has 2 aromatic heterocycles. The number of hydrogen-bond donors (Lipinski definition) is 0. The highest BCUT2D eigenvalue weighted by Gasteiger charge is 2.23. The van der Waals surface area contributed by atoms with Crippen molar-refractivity contribution in [3.8, 4) is 0 Å². The molecule has 0 saturated carbocycles. The Balaban J connectivity index is 1.46. The first kappa shape index (κ1) is 22.1. The summed E-state index contributed by atoms with van der Waals surface area (Å²) in [6.07, 6.45) is 3.62. The van der Waals surface area contributed by atoms with E-state index in [9.17, 15) is 9.59 Å². The van der Waals surface area contributed by atoms with Crippen molar-refractivity contribution in [1.29, 1.82) is 0 Å². The van der Waals surface area contributed by atoms with E-state index < -0.39 is 0 Å². The van der Waals surface area contributed by atoms with E-state index in [1.165, 1.54) is 11.3 Å². The first-order chi connectivity index (χ1) is 16.6. The topological polar surface area (TPSA) is 63.4 Å². The molecule has 5 aromatic rings. The van der Waals surface area contributed by atoms with Crippen molar-refractivity contribution < 1.29 is 14.0 Å². The third-order valence-corrected chi connectivity index (χ3v) is 7.15. The van der Waals surface area contributed by atoms with E-state index in [4.69, 9.17) is 9.40 Å². The highest BCUT2D eigenvalue weighted by Crippen LogP contribution is 2.33. The number of thiazole rings is 1. The third-order valence-electron chi connectivity index (χ3n) is 5.38. The molecular formula is C27H20N2O3S2. The highest BCUT2D eigenvalue weighted by molar-refractivity contribution is 7.98. The molecule has 0 unspecified atom stereocenters. The third kappa shape index (κ3) is 4.53. The predicted octanol–water partition coefficient (Wildman–Crippen LogP) is 6.69. The molecule has 0 atom stereocenters. The van der Waals surface area contributed by atoms with Gasteiger partial charge in [0.2, 0.25) is 0 Å². The number of thioether (sulfide) groups is 1. The molecule has 0 aliphatic rings. The molecule has 5 nitrogen and oxygen atoms in total. The van der Waals surface area contributed by atoms with Crippen molar-refractivity contribution in [2.24, 2.45) is 0 Å². The Morgan fingerprint density at radius 2 is 1.65 bits per heavy atom. The second kappa shape index (κ2) is 9.67. The van der Waals surface area contributed by atoms with Crippen LogP contribution in [0.5, 0.6) is 0 Å². The summed E-state index contributed by atoms with van der Waals surface area (Å²) in [6.45, 7) is 0.256. The van der Waals surface area contributed by atoms with Crippen LogP contribution < -0.4 is 4.90 Å². The Bertz CT molecular complexity index is 1440. The van der Waals surface area contributed by atoms with Crippen molar-refractivity contribution in [3.05, 3.63) is 114 Å². The number of fused-ring (bicyclic) bond motifs is 1. The van der Waals surface area contributed by atoms with Crippen LogP contribution in [0, 0.1) is 0 Å². The SMILES string of the molecule is CSc1ccc2nc(N(Cc3ccco3)C(=O)c3ccc(C(=O)c4ccccc4)cc3)sc2c1. The van der Waals surface area contributed by atoms with Crippen LogP contribution in [0.15, 0.2) is 101 Å². The number of carbonyl (C=O) groups excluding carboxylic acids is 2. The smallest absolute Gasteiger partial charge is 0.260 e. The van der Waals surface area contributed by atoms with Gasteiger partial charge in [-0.2, -0.15) is 0 Å². The van der Waals surface area contributed by atoms with E-state index in [0.717, 1.165) is 15.1 Å². The lowest BCUT2D eigenvalue weighted by Gasteiger charge is -2.19. The van der Waals surface area contributed by atoms with Gasteiger partial charge in [0.15, 0.2) is 10.9 Å². The summed E-state index contributed by atoms with van der Waals surface area (Å²) in [7, 11) is 0. The van der Waals surface area contributed by atoms with Gasteiger partial charge in [-0.3, -0.25) is 14.5 Å². The average molecular weight is 485 g/mol. The van der Waals surface area contributed by atoms with Gasteiger partial charge in [-0.1, -0.05) is 53.8 Å². The molecule has 0 bridgehead atoms. The monoisotopic (exact) mass is 484 g/mol. The Hall–Kier alpha value is -3.68. The largest absolute Gasteiger partial charge is 0.467 e. The second-order valence-electron chi connectivity index (χ2n) is 7.57. The highest BCUT2D eigenvalue weighted by atomic mass is 32.2. The minimum Gasteiger partial charge on any atom is -0.467 e. The van der Waals surface area contributed by atoms with Gasteiger partial charge in [-0.25, -0.2) is 4.98 Å². The molecular weight excluding hydrogens is 464 g/mol. The Kier molecular flexibility index (Phi) is 6.29. The summed E-state index contributed by atoms with van der Waals surface area (Å²) >= 11 is 3.14. The number of ketones is 1. The summed E-state index contributed by atoms with van der Waals surface area (Å²) in [5.74, 6) is 0.371. The summed E-state index contributed by atoms with van der Waals surface area (Å²) in [6, 6.07) is 25.6. The van der Waals surface area contributed by atoms with Gasteiger partial charge in [0.1, 0.15) is 5.76 Å². The summed E-state index contributed by atoms with van der Waals surface area (Å²) < 4.78 is 6.53. The van der Waals surface area contributed by atoms with Crippen LogP contribution in [-0.2, 0) is 6.54 Å². The van der Waals surface area contributed by atoms with E-state index in [2.05, 4.69) is 6.07 Å².